The second-order valence-electron chi connectivity index (χ2n) is 4.03. The van der Waals surface area contributed by atoms with E-state index < -0.39 is 0 Å². The van der Waals surface area contributed by atoms with Crippen LogP contribution in [-0.2, 0) is 11.3 Å². The van der Waals surface area contributed by atoms with Crippen molar-refractivity contribution >= 4 is 45.3 Å². The van der Waals surface area contributed by atoms with Gasteiger partial charge in [-0.1, -0.05) is 6.92 Å². The Balaban J connectivity index is 2.32. The Labute approximate surface area is 124 Å². The molecule has 0 saturated carbocycles. The highest BCUT2D eigenvalue weighted by Crippen LogP contribution is 2.41. The molecular formula is C11H16BrN3OS2. The molecule has 100 valence electrons. The number of halogens is 1. The van der Waals surface area contributed by atoms with Gasteiger partial charge in [-0.3, -0.25) is 0 Å². The summed E-state index contributed by atoms with van der Waals surface area (Å²) in [7, 11) is 1.65. The van der Waals surface area contributed by atoms with Crippen LogP contribution < -0.4 is 5.73 Å². The van der Waals surface area contributed by atoms with Crippen molar-refractivity contribution in [3.05, 3.63) is 16.0 Å². The summed E-state index contributed by atoms with van der Waals surface area (Å²) in [5, 5.41) is 0.828. The first kappa shape index (κ1) is 14.4. The number of nitrogens with zero attached hydrogens (tertiary/aromatic N) is 2. The van der Waals surface area contributed by atoms with Crippen LogP contribution in [0.2, 0.25) is 0 Å². The average molecular weight is 350 g/mol. The number of hydrogen-bond acceptors (Lipinski definition) is 6. The number of aromatic nitrogens is 2. The molecule has 1 saturated heterocycles. The first-order valence-electron chi connectivity index (χ1n) is 5.67. The van der Waals surface area contributed by atoms with Gasteiger partial charge in [0.25, 0.3) is 0 Å². The zero-order valence-corrected chi connectivity index (χ0v) is 13.6. The first-order valence-corrected chi connectivity index (χ1v) is 8.56. The monoisotopic (exact) mass is 349 g/mol. The van der Waals surface area contributed by atoms with Gasteiger partial charge in [0, 0.05) is 23.9 Å². The van der Waals surface area contributed by atoms with Crippen molar-refractivity contribution in [2.75, 3.05) is 24.3 Å². The molecule has 2 atom stereocenters. The fraction of sp³-hybridized carbons (Fsp3) is 0.636. The van der Waals surface area contributed by atoms with Gasteiger partial charge in [0.2, 0.25) is 0 Å². The number of anilines is 1. The molecule has 0 bridgehead atoms. The molecule has 0 aromatic carbocycles. The molecule has 1 aliphatic heterocycles. The molecule has 2 unspecified atom stereocenters. The van der Waals surface area contributed by atoms with E-state index in [0.717, 1.165) is 21.7 Å². The Kier molecular flexibility index (Phi) is 5.17. The Morgan fingerprint density at radius 3 is 2.78 bits per heavy atom. The van der Waals surface area contributed by atoms with Crippen LogP contribution in [0.1, 0.15) is 23.7 Å². The lowest BCUT2D eigenvalue weighted by Gasteiger charge is -2.27. The van der Waals surface area contributed by atoms with Gasteiger partial charge in [-0.2, -0.15) is 11.8 Å². The predicted molar refractivity (Wildman–Crippen MR) is 82.0 cm³/mol. The van der Waals surface area contributed by atoms with E-state index in [1.54, 1.807) is 7.11 Å². The van der Waals surface area contributed by atoms with Crippen molar-refractivity contribution in [1.29, 1.82) is 0 Å². The Bertz CT molecular complexity index is 433. The molecule has 0 spiro atoms. The van der Waals surface area contributed by atoms with Crippen LogP contribution >= 0.6 is 39.5 Å². The number of hydrogen-bond donors (Lipinski definition) is 1. The highest BCUT2D eigenvalue weighted by Gasteiger charge is 2.27. The van der Waals surface area contributed by atoms with Crippen LogP contribution in [0.3, 0.4) is 0 Å². The molecule has 2 heterocycles. The summed E-state index contributed by atoms with van der Waals surface area (Å²) in [5.74, 6) is 3.65. The molecule has 0 aliphatic carbocycles. The van der Waals surface area contributed by atoms with Crippen molar-refractivity contribution < 1.29 is 4.74 Å². The van der Waals surface area contributed by atoms with Gasteiger partial charge in [0.15, 0.2) is 0 Å². The SMILES string of the molecule is COCc1nc(C2SCCSC2C)nc(N)c1Br. The summed E-state index contributed by atoms with van der Waals surface area (Å²) in [6.45, 7) is 2.66. The van der Waals surface area contributed by atoms with Crippen molar-refractivity contribution in [1.82, 2.24) is 9.97 Å². The van der Waals surface area contributed by atoms with E-state index in [9.17, 15) is 0 Å². The molecule has 2 N–H and O–H groups in total. The molecular weight excluding hydrogens is 334 g/mol. The normalized spacial score (nSPS) is 24.2. The minimum Gasteiger partial charge on any atom is -0.383 e. The summed E-state index contributed by atoms with van der Waals surface area (Å²) >= 11 is 7.29. The van der Waals surface area contributed by atoms with Crippen LogP contribution in [0.4, 0.5) is 5.82 Å². The summed E-state index contributed by atoms with van der Waals surface area (Å²) in [6.07, 6.45) is 0. The highest BCUT2D eigenvalue weighted by atomic mass is 79.9. The predicted octanol–water partition coefficient (Wildman–Crippen LogP) is 2.88. The van der Waals surface area contributed by atoms with Crippen molar-refractivity contribution in [2.45, 2.75) is 24.0 Å². The fourth-order valence-corrected chi connectivity index (χ4v) is 4.79. The zero-order chi connectivity index (χ0) is 13.1. The van der Waals surface area contributed by atoms with Crippen LogP contribution in [0, 0.1) is 0 Å². The molecule has 1 aromatic rings. The Morgan fingerprint density at radius 1 is 1.39 bits per heavy atom. The molecule has 4 nitrogen and oxygen atoms in total. The smallest absolute Gasteiger partial charge is 0.145 e. The Hall–Kier alpha value is 0.0200. The van der Waals surface area contributed by atoms with E-state index in [2.05, 4.69) is 32.8 Å². The summed E-state index contributed by atoms with van der Waals surface area (Å²) in [4.78, 5) is 9.02. The zero-order valence-electron chi connectivity index (χ0n) is 10.4. The van der Waals surface area contributed by atoms with Gasteiger partial charge >= 0.3 is 0 Å². The Morgan fingerprint density at radius 2 is 2.11 bits per heavy atom. The molecule has 1 aromatic heterocycles. The summed E-state index contributed by atoms with van der Waals surface area (Å²) in [6, 6.07) is 0. The number of ether oxygens (including phenoxy) is 1. The van der Waals surface area contributed by atoms with E-state index in [-0.39, 0.29) is 0 Å². The van der Waals surface area contributed by atoms with Gasteiger partial charge in [0.1, 0.15) is 11.6 Å². The van der Waals surface area contributed by atoms with Crippen LogP contribution in [0.15, 0.2) is 4.47 Å². The lowest BCUT2D eigenvalue weighted by Crippen LogP contribution is -2.19. The molecule has 1 aliphatic rings. The van der Waals surface area contributed by atoms with E-state index in [0.29, 0.717) is 22.9 Å². The minimum absolute atomic E-state index is 0.315. The van der Waals surface area contributed by atoms with Gasteiger partial charge in [-0.05, 0) is 15.9 Å². The lowest BCUT2D eigenvalue weighted by atomic mass is 10.3. The third-order valence-electron chi connectivity index (χ3n) is 2.69. The summed E-state index contributed by atoms with van der Waals surface area (Å²) < 4.78 is 5.89. The highest BCUT2D eigenvalue weighted by molar-refractivity contribution is 9.10. The second-order valence-corrected chi connectivity index (χ2v) is 7.56. The minimum atomic E-state index is 0.315. The molecule has 18 heavy (non-hydrogen) atoms. The number of nitrogens with two attached hydrogens (primary N) is 1. The van der Waals surface area contributed by atoms with E-state index in [1.165, 1.54) is 5.75 Å². The van der Waals surface area contributed by atoms with Crippen molar-refractivity contribution in [3.8, 4) is 0 Å². The van der Waals surface area contributed by atoms with Crippen LogP contribution in [0.5, 0.6) is 0 Å². The number of rotatable bonds is 3. The average Bonchev–Trinajstić information content (AvgIpc) is 2.35. The maximum absolute atomic E-state index is 5.93. The largest absolute Gasteiger partial charge is 0.383 e. The molecule has 0 radical (unpaired) electrons. The standard InChI is InChI=1S/C11H16BrN3OS2/c1-6-9(18-4-3-17-6)11-14-7(5-16-2)8(12)10(13)15-11/h6,9H,3-5H2,1-2H3,(H2,13,14,15). The fourth-order valence-electron chi connectivity index (χ4n) is 1.81. The lowest BCUT2D eigenvalue weighted by molar-refractivity contribution is 0.180. The second kappa shape index (κ2) is 6.45. The van der Waals surface area contributed by atoms with Crippen molar-refractivity contribution in [2.24, 2.45) is 0 Å². The van der Waals surface area contributed by atoms with Crippen LogP contribution in [-0.4, -0.2) is 33.8 Å². The molecule has 1 fully saturated rings. The van der Waals surface area contributed by atoms with Gasteiger partial charge in [-0.15, -0.1) is 11.8 Å². The van der Waals surface area contributed by atoms with E-state index in [4.69, 9.17) is 10.5 Å². The third-order valence-corrected chi connectivity index (χ3v) is 6.64. The van der Waals surface area contributed by atoms with E-state index in [1.807, 2.05) is 23.5 Å². The van der Waals surface area contributed by atoms with Crippen molar-refractivity contribution in [3.63, 3.8) is 0 Å². The number of thioether (sulfide) groups is 2. The topological polar surface area (TPSA) is 61.0 Å². The molecule has 2 rings (SSSR count). The molecule has 7 heteroatoms. The van der Waals surface area contributed by atoms with E-state index >= 15 is 0 Å². The first-order chi connectivity index (χ1) is 8.63. The molecule has 0 amide bonds. The summed E-state index contributed by atoms with van der Waals surface area (Å²) in [5.41, 5.74) is 6.76. The maximum atomic E-state index is 5.93. The quantitative estimate of drug-likeness (QED) is 0.905. The number of nitrogen functional groups attached to an aromatic ring is 1. The van der Waals surface area contributed by atoms with Gasteiger partial charge in [-0.25, -0.2) is 9.97 Å². The van der Waals surface area contributed by atoms with Gasteiger partial charge in [0.05, 0.1) is 22.0 Å². The van der Waals surface area contributed by atoms with Gasteiger partial charge < -0.3 is 10.5 Å². The van der Waals surface area contributed by atoms with Crippen LogP contribution in [0.25, 0.3) is 0 Å². The maximum Gasteiger partial charge on any atom is 0.145 e. The number of methoxy groups -OCH3 is 1. The third kappa shape index (κ3) is 3.12.